The number of likely N-dealkylation sites (tertiary alicyclic amines) is 1. The zero-order chi connectivity index (χ0) is 35.3. The topological polar surface area (TPSA) is 130 Å². The Balaban J connectivity index is 0.949. The maximum absolute atomic E-state index is 12.1. The van der Waals surface area contributed by atoms with Crippen LogP contribution in [0.2, 0.25) is 0 Å². The highest BCUT2D eigenvalue weighted by molar-refractivity contribution is 6.01. The first-order valence-corrected chi connectivity index (χ1v) is 17.8. The Morgan fingerprint density at radius 1 is 1.00 bits per heavy atom. The molecule has 1 atom stereocenters. The number of rotatable bonds is 11. The number of piperidine rings is 2. The molecule has 4 aromatic rings. The van der Waals surface area contributed by atoms with Crippen LogP contribution >= 0.6 is 0 Å². The summed E-state index contributed by atoms with van der Waals surface area (Å²) < 4.78 is 7.39. The summed E-state index contributed by atoms with van der Waals surface area (Å²) in [6.45, 7) is 12.1. The SMILES string of the molecule is Cc1cc(-c2ccnc3cn(CCCCN4CCC(c5ccc(NC6CCC(=O)NC6=O)cc5)CC4)nc23)ccc1CNC(=O)OC(C)(C)C. The van der Waals surface area contributed by atoms with Crippen LogP contribution in [0.5, 0.6) is 0 Å². The Kier molecular flexibility index (Phi) is 10.8. The average molecular weight is 680 g/mol. The van der Waals surface area contributed by atoms with Crippen molar-refractivity contribution in [1.82, 2.24) is 30.3 Å². The Bertz CT molecular complexity index is 1820. The van der Waals surface area contributed by atoms with Crippen molar-refractivity contribution >= 4 is 34.6 Å². The number of alkyl carbamates (subject to hydrolysis) is 1. The lowest BCUT2D eigenvalue weighted by Gasteiger charge is -2.32. The van der Waals surface area contributed by atoms with Gasteiger partial charge in [0.15, 0.2) is 0 Å². The van der Waals surface area contributed by atoms with E-state index in [9.17, 15) is 14.4 Å². The number of amides is 3. The monoisotopic (exact) mass is 679 g/mol. The predicted molar refractivity (Wildman–Crippen MR) is 195 cm³/mol. The van der Waals surface area contributed by atoms with E-state index >= 15 is 0 Å². The van der Waals surface area contributed by atoms with E-state index in [1.54, 1.807) is 0 Å². The van der Waals surface area contributed by atoms with Crippen LogP contribution in [-0.4, -0.2) is 68.8 Å². The maximum Gasteiger partial charge on any atom is 0.407 e. The Hall–Kier alpha value is -4.77. The molecule has 2 fully saturated rings. The fourth-order valence-electron chi connectivity index (χ4n) is 6.84. The predicted octanol–water partition coefficient (Wildman–Crippen LogP) is 6.31. The average Bonchev–Trinajstić information content (AvgIpc) is 3.51. The van der Waals surface area contributed by atoms with Gasteiger partial charge in [-0.05, 0) is 126 Å². The maximum atomic E-state index is 12.1. The molecule has 1 unspecified atom stereocenters. The molecule has 2 saturated heterocycles. The first-order chi connectivity index (χ1) is 24.0. The number of nitrogens with zero attached hydrogens (tertiary/aromatic N) is 4. The number of carbonyl (C=O) groups is 3. The van der Waals surface area contributed by atoms with Crippen LogP contribution in [0.4, 0.5) is 10.5 Å². The van der Waals surface area contributed by atoms with E-state index in [1.165, 1.54) is 5.56 Å². The summed E-state index contributed by atoms with van der Waals surface area (Å²) in [5, 5.41) is 13.5. The van der Waals surface area contributed by atoms with E-state index in [4.69, 9.17) is 9.84 Å². The van der Waals surface area contributed by atoms with E-state index in [2.05, 4.69) is 57.0 Å². The highest BCUT2D eigenvalue weighted by atomic mass is 16.6. The van der Waals surface area contributed by atoms with E-state index in [1.807, 2.05) is 62.1 Å². The standard InChI is InChI=1S/C39H49N7O4/c1-26-23-29(7-8-30(26)24-41-38(49)50-39(2,3)4)32-15-18-40-34-25-46(44-36(32)34)20-6-5-19-45-21-16-28(17-22-45)27-9-11-31(12-10-27)42-33-13-14-35(47)43-37(33)48/h7-12,15,18,23,25,28,33,42H,5-6,13-14,16-17,19-22,24H2,1-4H3,(H,41,49)(H,43,47,48). The lowest BCUT2D eigenvalue weighted by Crippen LogP contribution is -2.47. The largest absolute Gasteiger partial charge is 0.444 e. The molecule has 0 bridgehead atoms. The molecule has 11 heteroatoms. The van der Waals surface area contributed by atoms with Gasteiger partial charge in [-0.1, -0.05) is 30.3 Å². The number of nitrogens with one attached hydrogen (secondary N) is 3. The molecule has 2 aromatic heterocycles. The van der Waals surface area contributed by atoms with Crippen molar-refractivity contribution in [2.24, 2.45) is 0 Å². The van der Waals surface area contributed by atoms with Gasteiger partial charge in [0.05, 0.1) is 6.20 Å². The molecule has 0 spiro atoms. The van der Waals surface area contributed by atoms with Crippen molar-refractivity contribution in [2.45, 2.75) is 96.9 Å². The summed E-state index contributed by atoms with van der Waals surface area (Å²) in [5.74, 6) is 0.0996. The number of aryl methyl sites for hydroxylation is 2. The first kappa shape index (κ1) is 35.1. The molecule has 6 rings (SSSR count). The fourth-order valence-corrected chi connectivity index (χ4v) is 6.84. The molecular formula is C39H49N7O4. The first-order valence-electron chi connectivity index (χ1n) is 17.8. The van der Waals surface area contributed by atoms with Gasteiger partial charge in [-0.3, -0.25) is 24.6 Å². The van der Waals surface area contributed by atoms with Crippen LogP contribution in [0.25, 0.3) is 22.2 Å². The molecule has 0 saturated carbocycles. The van der Waals surface area contributed by atoms with Crippen LogP contribution in [0.1, 0.15) is 81.9 Å². The third kappa shape index (κ3) is 9.06. The van der Waals surface area contributed by atoms with Gasteiger partial charge in [0.25, 0.3) is 0 Å². The van der Waals surface area contributed by atoms with Crippen LogP contribution in [0, 0.1) is 6.92 Å². The zero-order valence-electron chi connectivity index (χ0n) is 29.6. The lowest BCUT2D eigenvalue weighted by molar-refractivity contribution is -0.133. The molecule has 2 aliphatic heterocycles. The van der Waals surface area contributed by atoms with Gasteiger partial charge in [0.1, 0.15) is 22.7 Å². The summed E-state index contributed by atoms with van der Waals surface area (Å²) in [5.41, 5.74) is 7.75. The van der Waals surface area contributed by atoms with Crippen LogP contribution in [0.3, 0.4) is 0 Å². The highest BCUT2D eigenvalue weighted by Crippen LogP contribution is 2.30. The van der Waals surface area contributed by atoms with Gasteiger partial charge in [-0.2, -0.15) is 5.10 Å². The Labute approximate surface area is 294 Å². The minimum Gasteiger partial charge on any atom is -0.444 e. The number of unbranched alkanes of at least 4 members (excludes halogenated alkanes) is 1. The van der Waals surface area contributed by atoms with Crippen LogP contribution in [0.15, 0.2) is 60.9 Å². The summed E-state index contributed by atoms with van der Waals surface area (Å²) in [6, 6.07) is 16.4. The highest BCUT2D eigenvalue weighted by Gasteiger charge is 2.26. The number of anilines is 1. The summed E-state index contributed by atoms with van der Waals surface area (Å²) in [4.78, 5) is 42.8. The molecule has 264 valence electrons. The Morgan fingerprint density at radius 3 is 2.48 bits per heavy atom. The molecular weight excluding hydrogens is 630 g/mol. The second-order valence-corrected chi connectivity index (χ2v) is 14.6. The number of ether oxygens (including phenoxy) is 1. The molecule has 0 radical (unpaired) electrons. The van der Waals surface area contributed by atoms with E-state index in [-0.39, 0.29) is 17.9 Å². The van der Waals surface area contributed by atoms with Gasteiger partial charge < -0.3 is 20.3 Å². The number of imide groups is 1. The fraction of sp³-hybridized carbons (Fsp3) is 0.462. The third-order valence-electron chi connectivity index (χ3n) is 9.59. The molecule has 2 aliphatic rings. The smallest absolute Gasteiger partial charge is 0.407 e. The molecule has 4 heterocycles. The van der Waals surface area contributed by atoms with Crippen LogP contribution in [-0.2, 0) is 27.4 Å². The molecule has 0 aliphatic carbocycles. The second-order valence-electron chi connectivity index (χ2n) is 14.6. The summed E-state index contributed by atoms with van der Waals surface area (Å²) in [6.07, 6.45) is 8.79. The summed E-state index contributed by atoms with van der Waals surface area (Å²) in [7, 11) is 0. The zero-order valence-corrected chi connectivity index (χ0v) is 29.6. The van der Waals surface area contributed by atoms with Gasteiger partial charge >= 0.3 is 6.09 Å². The van der Waals surface area contributed by atoms with Crippen LogP contribution < -0.4 is 16.0 Å². The number of carbonyl (C=O) groups excluding carboxylic acids is 3. The molecule has 3 amide bonds. The Morgan fingerprint density at radius 2 is 1.76 bits per heavy atom. The van der Waals surface area contributed by atoms with Crippen molar-refractivity contribution in [2.75, 3.05) is 25.0 Å². The number of aromatic nitrogens is 3. The number of pyridine rings is 1. The van der Waals surface area contributed by atoms with Crippen molar-refractivity contribution in [3.63, 3.8) is 0 Å². The molecule has 2 aromatic carbocycles. The normalized spacial score (nSPS) is 17.5. The quantitative estimate of drug-likeness (QED) is 0.124. The minimum absolute atomic E-state index is 0.198. The molecule has 11 nitrogen and oxygen atoms in total. The molecule has 3 N–H and O–H groups in total. The van der Waals surface area contributed by atoms with Crippen molar-refractivity contribution in [3.05, 3.63) is 77.6 Å². The van der Waals surface area contributed by atoms with E-state index in [0.717, 1.165) is 90.8 Å². The van der Waals surface area contributed by atoms with Gasteiger partial charge in [0, 0.05) is 37.0 Å². The number of fused-ring (bicyclic) bond motifs is 1. The van der Waals surface area contributed by atoms with E-state index in [0.29, 0.717) is 25.3 Å². The third-order valence-corrected chi connectivity index (χ3v) is 9.59. The van der Waals surface area contributed by atoms with Crippen molar-refractivity contribution < 1.29 is 19.1 Å². The molecule has 50 heavy (non-hydrogen) atoms. The number of hydrogen-bond donors (Lipinski definition) is 3. The summed E-state index contributed by atoms with van der Waals surface area (Å²) >= 11 is 0. The van der Waals surface area contributed by atoms with Gasteiger partial charge in [0.2, 0.25) is 11.8 Å². The number of hydrogen-bond acceptors (Lipinski definition) is 8. The van der Waals surface area contributed by atoms with Gasteiger partial charge in [-0.15, -0.1) is 0 Å². The lowest BCUT2D eigenvalue weighted by atomic mass is 9.89. The van der Waals surface area contributed by atoms with Gasteiger partial charge in [-0.25, -0.2) is 4.79 Å². The second kappa shape index (κ2) is 15.4. The minimum atomic E-state index is -0.532. The number of benzene rings is 2. The van der Waals surface area contributed by atoms with E-state index < -0.39 is 11.7 Å². The van der Waals surface area contributed by atoms with Crippen molar-refractivity contribution in [3.8, 4) is 11.1 Å². The van der Waals surface area contributed by atoms with Crippen molar-refractivity contribution in [1.29, 1.82) is 0 Å².